The number of aryl methyl sites for hydroxylation is 2. The molecule has 0 radical (unpaired) electrons. The molecular weight excluding hydrogens is 240 g/mol. The summed E-state index contributed by atoms with van der Waals surface area (Å²) < 4.78 is 1.49. The summed E-state index contributed by atoms with van der Waals surface area (Å²) in [7, 11) is 1.70. The van der Waals surface area contributed by atoms with Crippen molar-refractivity contribution in [2.75, 3.05) is 5.32 Å². The van der Waals surface area contributed by atoms with Gasteiger partial charge in [-0.25, -0.2) is 0 Å². The average Bonchev–Trinajstić information content (AvgIpc) is 2.78. The van der Waals surface area contributed by atoms with Crippen molar-refractivity contribution in [1.29, 1.82) is 5.26 Å². The zero-order valence-electron chi connectivity index (χ0n) is 10.8. The monoisotopic (exact) mass is 254 g/mol. The average molecular weight is 254 g/mol. The minimum atomic E-state index is -0.266. The van der Waals surface area contributed by atoms with Crippen LogP contribution in [0.3, 0.4) is 0 Å². The minimum Gasteiger partial charge on any atom is -0.304 e. The molecule has 0 spiro atoms. The SMILES string of the molecule is CCc1ccc(C(=O)Nc2nn(C)cc2C#N)cc1. The van der Waals surface area contributed by atoms with E-state index in [2.05, 4.69) is 17.3 Å². The van der Waals surface area contributed by atoms with E-state index >= 15 is 0 Å². The molecule has 2 rings (SSSR count). The van der Waals surface area contributed by atoms with Crippen molar-refractivity contribution in [3.05, 3.63) is 47.2 Å². The Bertz CT molecular complexity index is 634. The highest BCUT2D eigenvalue weighted by Crippen LogP contribution is 2.13. The summed E-state index contributed by atoms with van der Waals surface area (Å²) in [5.41, 5.74) is 2.07. The summed E-state index contributed by atoms with van der Waals surface area (Å²) in [5.74, 6) is 0.0208. The molecule has 0 unspecified atom stereocenters. The Morgan fingerprint density at radius 3 is 2.68 bits per heavy atom. The molecule has 5 nitrogen and oxygen atoms in total. The van der Waals surface area contributed by atoms with Crippen LogP contribution in [0.1, 0.15) is 28.4 Å². The van der Waals surface area contributed by atoms with Crippen LogP contribution in [-0.2, 0) is 13.5 Å². The van der Waals surface area contributed by atoms with Crippen molar-refractivity contribution in [1.82, 2.24) is 9.78 Å². The molecule has 96 valence electrons. The second-order valence-corrected chi connectivity index (χ2v) is 4.18. The number of amides is 1. The van der Waals surface area contributed by atoms with E-state index < -0.39 is 0 Å². The van der Waals surface area contributed by atoms with Crippen LogP contribution >= 0.6 is 0 Å². The van der Waals surface area contributed by atoms with Crippen LogP contribution in [0.15, 0.2) is 30.5 Å². The molecular formula is C14H14N4O. The predicted molar refractivity (Wildman–Crippen MR) is 71.7 cm³/mol. The lowest BCUT2D eigenvalue weighted by atomic mass is 10.1. The number of carbonyl (C=O) groups excluding carboxylic acids is 1. The van der Waals surface area contributed by atoms with Gasteiger partial charge in [0.2, 0.25) is 0 Å². The molecule has 0 aliphatic rings. The highest BCUT2D eigenvalue weighted by Gasteiger charge is 2.12. The van der Waals surface area contributed by atoms with E-state index in [4.69, 9.17) is 5.26 Å². The topological polar surface area (TPSA) is 70.7 Å². The highest BCUT2D eigenvalue weighted by molar-refractivity contribution is 6.04. The zero-order valence-corrected chi connectivity index (χ0v) is 10.8. The Labute approximate surface area is 111 Å². The molecule has 1 aromatic carbocycles. The fourth-order valence-corrected chi connectivity index (χ4v) is 1.73. The second kappa shape index (κ2) is 5.36. The second-order valence-electron chi connectivity index (χ2n) is 4.18. The Kier molecular flexibility index (Phi) is 3.62. The Morgan fingerprint density at radius 2 is 2.11 bits per heavy atom. The van der Waals surface area contributed by atoms with Crippen LogP contribution < -0.4 is 5.32 Å². The fourth-order valence-electron chi connectivity index (χ4n) is 1.73. The van der Waals surface area contributed by atoms with E-state index in [1.165, 1.54) is 10.2 Å². The number of hydrogen-bond donors (Lipinski definition) is 1. The maximum atomic E-state index is 12.0. The van der Waals surface area contributed by atoms with Gasteiger partial charge in [0.15, 0.2) is 5.82 Å². The first-order valence-corrected chi connectivity index (χ1v) is 5.98. The molecule has 0 saturated heterocycles. The first-order chi connectivity index (χ1) is 9.13. The first kappa shape index (κ1) is 12.8. The molecule has 2 aromatic rings. The van der Waals surface area contributed by atoms with E-state index in [-0.39, 0.29) is 11.7 Å². The zero-order chi connectivity index (χ0) is 13.8. The lowest BCUT2D eigenvalue weighted by molar-refractivity contribution is 0.102. The number of aromatic nitrogens is 2. The van der Waals surface area contributed by atoms with Crippen LogP contribution in [-0.4, -0.2) is 15.7 Å². The molecule has 1 N–H and O–H groups in total. The van der Waals surface area contributed by atoms with Crippen molar-refractivity contribution in [3.63, 3.8) is 0 Å². The normalized spacial score (nSPS) is 9.95. The number of hydrogen-bond acceptors (Lipinski definition) is 3. The van der Waals surface area contributed by atoms with E-state index in [9.17, 15) is 4.79 Å². The number of rotatable bonds is 3. The Hall–Kier alpha value is -2.61. The predicted octanol–water partition coefficient (Wildman–Crippen LogP) is 2.11. The van der Waals surface area contributed by atoms with Gasteiger partial charge >= 0.3 is 0 Å². The van der Waals surface area contributed by atoms with Gasteiger partial charge in [0, 0.05) is 18.8 Å². The molecule has 0 bridgehead atoms. The standard InChI is InChI=1S/C14H14N4O/c1-3-10-4-6-11(7-5-10)14(19)16-13-12(8-15)9-18(2)17-13/h4-7,9H,3H2,1-2H3,(H,16,17,19). The van der Waals surface area contributed by atoms with Crippen molar-refractivity contribution in [2.24, 2.45) is 7.05 Å². The first-order valence-electron chi connectivity index (χ1n) is 5.98. The Balaban J connectivity index is 2.18. The fraction of sp³-hybridized carbons (Fsp3) is 0.214. The molecule has 0 aliphatic carbocycles. The lowest BCUT2D eigenvalue weighted by Gasteiger charge is -2.03. The van der Waals surface area contributed by atoms with Crippen LogP contribution in [0.5, 0.6) is 0 Å². The van der Waals surface area contributed by atoms with E-state index in [1.54, 1.807) is 25.4 Å². The highest BCUT2D eigenvalue weighted by atomic mass is 16.1. The number of nitrogens with one attached hydrogen (secondary N) is 1. The summed E-state index contributed by atoms with van der Waals surface area (Å²) >= 11 is 0. The van der Waals surface area contributed by atoms with Crippen molar-refractivity contribution < 1.29 is 4.79 Å². The van der Waals surface area contributed by atoms with Crippen LogP contribution in [0.2, 0.25) is 0 Å². The molecule has 1 amide bonds. The summed E-state index contributed by atoms with van der Waals surface area (Å²) in [4.78, 5) is 12.0. The van der Waals surface area contributed by atoms with Crippen molar-refractivity contribution in [2.45, 2.75) is 13.3 Å². The molecule has 0 aliphatic heterocycles. The maximum Gasteiger partial charge on any atom is 0.256 e. The van der Waals surface area contributed by atoms with Gasteiger partial charge in [0.05, 0.1) is 0 Å². The van der Waals surface area contributed by atoms with E-state index in [0.717, 1.165) is 6.42 Å². The Morgan fingerprint density at radius 1 is 1.42 bits per heavy atom. The van der Waals surface area contributed by atoms with Crippen molar-refractivity contribution >= 4 is 11.7 Å². The number of nitrogens with zero attached hydrogens (tertiary/aromatic N) is 3. The number of nitriles is 1. The van der Waals surface area contributed by atoms with Gasteiger partial charge in [0.25, 0.3) is 5.91 Å². The maximum absolute atomic E-state index is 12.0. The molecule has 0 atom stereocenters. The van der Waals surface area contributed by atoms with E-state index in [1.807, 2.05) is 18.2 Å². The van der Waals surface area contributed by atoms with Gasteiger partial charge in [-0.3, -0.25) is 9.48 Å². The molecule has 0 saturated carbocycles. The number of carbonyl (C=O) groups is 1. The summed E-state index contributed by atoms with van der Waals surface area (Å²) in [5, 5.41) is 15.6. The third-order valence-electron chi connectivity index (χ3n) is 2.81. The largest absolute Gasteiger partial charge is 0.304 e. The van der Waals surface area contributed by atoms with Crippen LogP contribution in [0, 0.1) is 11.3 Å². The van der Waals surface area contributed by atoms with Gasteiger partial charge in [-0.2, -0.15) is 10.4 Å². The minimum absolute atomic E-state index is 0.266. The van der Waals surface area contributed by atoms with Gasteiger partial charge in [-0.1, -0.05) is 19.1 Å². The van der Waals surface area contributed by atoms with Crippen LogP contribution in [0.4, 0.5) is 5.82 Å². The smallest absolute Gasteiger partial charge is 0.256 e. The molecule has 19 heavy (non-hydrogen) atoms. The van der Waals surface area contributed by atoms with E-state index in [0.29, 0.717) is 11.1 Å². The number of anilines is 1. The molecule has 5 heteroatoms. The molecule has 1 heterocycles. The van der Waals surface area contributed by atoms with Gasteiger partial charge in [-0.15, -0.1) is 0 Å². The third-order valence-corrected chi connectivity index (χ3v) is 2.81. The number of benzene rings is 1. The molecule has 1 aromatic heterocycles. The third kappa shape index (κ3) is 2.80. The van der Waals surface area contributed by atoms with Gasteiger partial charge in [0.1, 0.15) is 11.6 Å². The van der Waals surface area contributed by atoms with Gasteiger partial charge in [-0.05, 0) is 24.1 Å². The summed E-state index contributed by atoms with van der Waals surface area (Å²) in [6.45, 7) is 2.06. The lowest BCUT2D eigenvalue weighted by Crippen LogP contribution is -2.13. The van der Waals surface area contributed by atoms with Crippen LogP contribution in [0.25, 0.3) is 0 Å². The summed E-state index contributed by atoms with van der Waals surface area (Å²) in [6.07, 6.45) is 2.50. The quantitative estimate of drug-likeness (QED) is 0.911. The van der Waals surface area contributed by atoms with Gasteiger partial charge < -0.3 is 5.32 Å². The molecule has 0 fully saturated rings. The summed E-state index contributed by atoms with van der Waals surface area (Å²) in [6, 6.07) is 9.36. The van der Waals surface area contributed by atoms with Crippen molar-refractivity contribution in [3.8, 4) is 6.07 Å².